The number of nitrogens with zero attached hydrogens (tertiary/aromatic N) is 2. The summed E-state index contributed by atoms with van der Waals surface area (Å²) in [6.45, 7) is 5.85. The van der Waals surface area contributed by atoms with Gasteiger partial charge in [-0.25, -0.2) is 0 Å². The number of aromatic nitrogens is 2. The summed E-state index contributed by atoms with van der Waals surface area (Å²) in [6, 6.07) is 2.84. The number of aryl methyl sites for hydroxylation is 1. The van der Waals surface area contributed by atoms with Crippen molar-refractivity contribution in [1.82, 2.24) is 15.1 Å². The highest BCUT2D eigenvalue weighted by molar-refractivity contribution is 5.00. The standard InChI is InChI=1S/C14H25N3/c1-11-4-5-13(10-12(11)2)15-8-6-14-7-9-16-17(14)3/h7,9,11-13,15H,4-6,8,10H2,1-3H3/t11-,12+,13+/m1/s1. The van der Waals surface area contributed by atoms with Gasteiger partial charge in [0.2, 0.25) is 0 Å². The molecule has 1 aliphatic carbocycles. The summed E-state index contributed by atoms with van der Waals surface area (Å²) in [6.07, 6.45) is 7.02. The summed E-state index contributed by atoms with van der Waals surface area (Å²) in [7, 11) is 2.01. The molecule has 1 saturated carbocycles. The minimum atomic E-state index is 0.731. The van der Waals surface area contributed by atoms with E-state index >= 15 is 0 Å². The Morgan fingerprint density at radius 3 is 2.82 bits per heavy atom. The molecule has 0 aromatic carbocycles. The van der Waals surface area contributed by atoms with Crippen LogP contribution in [0.25, 0.3) is 0 Å². The smallest absolute Gasteiger partial charge is 0.0492 e. The zero-order chi connectivity index (χ0) is 12.3. The lowest BCUT2D eigenvalue weighted by molar-refractivity contribution is 0.227. The third kappa shape index (κ3) is 3.32. The Bertz CT molecular complexity index is 345. The average molecular weight is 235 g/mol. The number of nitrogens with one attached hydrogen (secondary N) is 1. The van der Waals surface area contributed by atoms with E-state index < -0.39 is 0 Å². The maximum Gasteiger partial charge on any atom is 0.0492 e. The maximum atomic E-state index is 4.19. The molecular weight excluding hydrogens is 210 g/mol. The molecule has 0 spiro atoms. The fraction of sp³-hybridized carbons (Fsp3) is 0.786. The van der Waals surface area contributed by atoms with Crippen molar-refractivity contribution in [2.75, 3.05) is 6.54 Å². The first kappa shape index (κ1) is 12.6. The molecule has 0 saturated heterocycles. The van der Waals surface area contributed by atoms with Crippen molar-refractivity contribution >= 4 is 0 Å². The lowest BCUT2D eigenvalue weighted by Gasteiger charge is -2.32. The molecule has 3 nitrogen and oxygen atoms in total. The second kappa shape index (κ2) is 5.67. The van der Waals surface area contributed by atoms with Crippen LogP contribution in [0.15, 0.2) is 12.3 Å². The summed E-state index contributed by atoms with van der Waals surface area (Å²) in [5.74, 6) is 1.78. The molecule has 1 aromatic rings. The molecule has 0 amide bonds. The van der Waals surface area contributed by atoms with Crippen LogP contribution in [0.5, 0.6) is 0 Å². The van der Waals surface area contributed by atoms with E-state index in [-0.39, 0.29) is 0 Å². The third-order valence-corrected chi connectivity index (χ3v) is 4.33. The van der Waals surface area contributed by atoms with E-state index in [1.54, 1.807) is 0 Å². The second-order valence-electron chi connectivity index (χ2n) is 5.61. The largest absolute Gasteiger partial charge is 0.314 e. The van der Waals surface area contributed by atoms with E-state index in [0.29, 0.717) is 0 Å². The Balaban J connectivity index is 1.71. The Hall–Kier alpha value is -0.830. The van der Waals surface area contributed by atoms with Crippen molar-refractivity contribution in [3.63, 3.8) is 0 Å². The van der Waals surface area contributed by atoms with E-state index in [4.69, 9.17) is 0 Å². The van der Waals surface area contributed by atoms with Gasteiger partial charge in [0.05, 0.1) is 0 Å². The molecule has 2 rings (SSSR count). The molecule has 1 N–H and O–H groups in total. The van der Waals surface area contributed by atoms with Crippen molar-refractivity contribution in [2.45, 2.75) is 45.6 Å². The quantitative estimate of drug-likeness (QED) is 0.868. The van der Waals surface area contributed by atoms with Crippen LogP contribution in [0.3, 0.4) is 0 Å². The van der Waals surface area contributed by atoms with Crippen LogP contribution >= 0.6 is 0 Å². The van der Waals surface area contributed by atoms with E-state index in [1.807, 2.05) is 17.9 Å². The maximum absolute atomic E-state index is 4.19. The minimum Gasteiger partial charge on any atom is -0.314 e. The van der Waals surface area contributed by atoms with Gasteiger partial charge in [-0.2, -0.15) is 5.10 Å². The van der Waals surface area contributed by atoms with Crippen molar-refractivity contribution in [2.24, 2.45) is 18.9 Å². The first-order chi connectivity index (χ1) is 8.16. The molecule has 96 valence electrons. The Morgan fingerprint density at radius 1 is 1.35 bits per heavy atom. The molecule has 0 unspecified atom stereocenters. The molecule has 0 aliphatic heterocycles. The minimum absolute atomic E-state index is 0.731. The van der Waals surface area contributed by atoms with Crippen LogP contribution in [0.2, 0.25) is 0 Å². The average Bonchev–Trinajstić information content (AvgIpc) is 2.70. The molecule has 1 fully saturated rings. The van der Waals surface area contributed by atoms with Gasteiger partial charge >= 0.3 is 0 Å². The summed E-state index contributed by atoms with van der Waals surface area (Å²) < 4.78 is 1.97. The Labute approximate surface area is 105 Å². The zero-order valence-electron chi connectivity index (χ0n) is 11.3. The van der Waals surface area contributed by atoms with E-state index in [2.05, 4.69) is 30.3 Å². The van der Waals surface area contributed by atoms with Gasteiger partial charge < -0.3 is 5.32 Å². The van der Waals surface area contributed by atoms with Gasteiger partial charge in [0.15, 0.2) is 0 Å². The van der Waals surface area contributed by atoms with Crippen LogP contribution in [-0.2, 0) is 13.5 Å². The van der Waals surface area contributed by atoms with E-state index in [9.17, 15) is 0 Å². The molecule has 1 heterocycles. The van der Waals surface area contributed by atoms with Crippen LogP contribution in [0, 0.1) is 11.8 Å². The molecule has 3 atom stereocenters. The van der Waals surface area contributed by atoms with Crippen molar-refractivity contribution in [3.8, 4) is 0 Å². The highest BCUT2D eigenvalue weighted by Gasteiger charge is 2.23. The SMILES string of the molecule is C[C@@H]1CC[C@H](NCCc2ccnn2C)C[C@@H]1C. The number of hydrogen-bond acceptors (Lipinski definition) is 2. The van der Waals surface area contributed by atoms with Gasteiger partial charge in [-0.15, -0.1) is 0 Å². The predicted molar refractivity (Wildman–Crippen MR) is 70.9 cm³/mol. The highest BCUT2D eigenvalue weighted by Crippen LogP contribution is 2.29. The lowest BCUT2D eigenvalue weighted by atomic mass is 9.79. The summed E-state index contributed by atoms with van der Waals surface area (Å²) >= 11 is 0. The van der Waals surface area contributed by atoms with Crippen LogP contribution < -0.4 is 5.32 Å². The second-order valence-corrected chi connectivity index (χ2v) is 5.61. The first-order valence-corrected chi connectivity index (χ1v) is 6.87. The van der Waals surface area contributed by atoms with Gasteiger partial charge in [0.25, 0.3) is 0 Å². The van der Waals surface area contributed by atoms with Gasteiger partial charge in [0.1, 0.15) is 0 Å². The summed E-state index contributed by atoms with van der Waals surface area (Å²) in [5.41, 5.74) is 1.31. The van der Waals surface area contributed by atoms with E-state index in [0.717, 1.165) is 30.8 Å². The van der Waals surface area contributed by atoms with E-state index in [1.165, 1.54) is 25.0 Å². The zero-order valence-corrected chi connectivity index (χ0v) is 11.3. The molecule has 1 aromatic heterocycles. The predicted octanol–water partition coefficient (Wildman–Crippen LogP) is 2.38. The fourth-order valence-corrected chi connectivity index (χ4v) is 2.78. The summed E-state index contributed by atoms with van der Waals surface area (Å²) in [4.78, 5) is 0. The van der Waals surface area contributed by atoms with Crippen molar-refractivity contribution in [1.29, 1.82) is 0 Å². The number of hydrogen-bond donors (Lipinski definition) is 1. The third-order valence-electron chi connectivity index (χ3n) is 4.33. The monoisotopic (exact) mass is 235 g/mol. The van der Waals surface area contributed by atoms with Crippen LogP contribution in [-0.4, -0.2) is 22.4 Å². The lowest BCUT2D eigenvalue weighted by Crippen LogP contribution is -2.37. The molecular formula is C14H25N3. The molecule has 3 heteroatoms. The van der Waals surface area contributed by atoms with Gasteiger partial charge in [-0.05, 0) is 37.2 Å². The van der Waals surface area contributed by atoms with Gasteiger partial charge in [-0.1, -0.05) is 13.8 Å². The Morgan fingerprint density at radius 2 is 2.18 bits per heavy atom. The Kier molecular flexibility index (Phi) is 4.21. The molecule has 0 bridgehead atoms. The van der Waals surface area contributed by atoms with Gasteiger partial charge in [-0.3, -0.25) is 4.68 Å². The van der Waals surface area contributed by atoms with Crippen molar-refractivity contribution < 1.29 is 0 Å². The topological polar surface area (TPSA) is 29.9 Å². The van der Waals surface area contributed by atoms with Crippen molar-refractivity contribution in [3.05, 3.63) is 18.0 Å². The molecule has 17 heavy (non-hydrogen) atoms. The number of rotatable bonds is 4. The fourth-order valence-electron chi connectivity index (χ4n) is 2.78. The summed E-state index contributed by atoms with van der Waals surface area (Å²) in [5, 5.41) is 7.89. The highest BCUT2D eigenvalue weighted by atomic mass is 15.3. The molecule has 0 radical (unpaired) electrons. The van der Waals surface area contributed by atoms with Crippen LogP contribution in [0.1, 0.15) is 38.8 Å². The van der Waals surface area contributed by atoms with Crippen LogP contribution in [0.4, 0.5) is 0 Å². The molecule has 1 aliphatic rings. The normalized spacial score (nSPS) is 29.5. The first-order valence-electron chi connectivity index (χ1n) is 6.87. The van der Waals surface area contributed by atoms with Gasteiger partial charge in [0, 0.05) is 37.9 Å².